The minimum Gasteiger partial charge on any atom is -0.507 e. The Morgan fingerprint density at radius 3 is 2.28 bits per heavy atom. The van der Waals surface area contributed by atoms with Crippen LogP contribution in [-0.2, 0) is 19.2 Å². The monoisotopic (exact) mass is 616 g/mol. The summed E-state index contributed by atoms with van der Waals surface area (Å²) in [5, 5.41) is 14.6. The number of para-hydroxylation sites is 1. The molecule has 0 saturated carbocycles. The maximum absolute atomic E-state index is 14.3. The van der Waals surface area contributed by atoms with Crippen molar-refractivity contribution in [3.05, 3.63) is 107 Å². The summed E-state index contributed by atoms with van der Waals surface area (Å²) >= 11 is 0. The SMILES string of the molecule is COc1cc(O)c(C2C3=CCC4C(=O)N(c5ccc(Nc6ccccc6)cc5)C(=O)C4C3CC3=C2C(=O)C=C(C)C3=O)c(OC)c1. The van der Waals surface area contributed by atoms with Crippen LogP contribution in [0.2, 0.25) is 0 Å². The van der Waals surface area contributed by atoms with Crippen LogP contribution < -0.4 is 19.7 Å². The van der Waals surface area contributed by atoms with Crippen LogP contribution in [0.5, 0.6) is 17.2 Å². The van der Waals surface area contributed by atoms with Gasteiger partial charge in [0, 0.05) is 51.7 Å². The van der Waals surface area contributed by atoms with Gasteiger partial charge in [0.15, 0.2) is 11.6 Å². The van der Waals surface area contributed by atoms with Gasteiger partial charge in [-0.1, -0.05) is 29.8 Å². The lowest BCUT2D eigenvalue weighted by Gasteiger charge is -2.42. The van der Waals surface area contributed by atoms with Gasteiger partial charge in [-0.05, 0) is 68.2 Å². The van der Waals surface area contributed by atoms with E-state index in [9.17, 15) is 24.3 Å². The third-order valence-electron chi connectivity index (χ3n) is 9.59. The van der Waals surface area contributed by atoms with Crippen LogP contribution in [0.1, 0.15) is 31.2 Å². The van der Waals surface area contributed by atoms with Gasteiger partial charge in [0.05, 0.1) is 31.7 Å². The Morgan fingerprint density at radius 1 is 0.870 bits per heavy atom. The van der Waals surface area contributed by atoms with Crippen molar-refractivity contribution >= 4 is 40.4 Å². The molecule has 4 aliphatic rings. The number of phenolic OH excluding ortho intramolecular Hbond substituents is 1. The van der Waals surface area contributed by atoms with Crippen molar-refractivity contribution in [3.8, 4) is 17.2 Å². The number of fused-ring (bicyclic) bond motifs is 3. The van der Waals surface area contributed by atoms with E-state index in [1.165, 1.54) is 31.3 Å². The second-order valence-corrected chi connectivity index (χ2v) is 12.0. The zero-order chi connectivity index (χ0) is 32.3. The molecule has 0 bridgehead atoms. The number of benzene rings is 3. The fraction of sp³-hybridized carbons (Fsp3) is 0.243. The van der Waals surface area contributed by atoms with Crippen molar-refractivity contribution < 1.29 is 33.8 Å². The number of amides is 2. The summed E-state index contributed by atoms with van der Waals surface area (Å²) in [6, 6.07) is 19.9. The van der Waals surface area contributed by atoms with Crippen LogP contribution in [0.4, 0.5) is 17.1 Å². The zero-order valence-corrected chi connectivity index (χ0v) is 25.6. The van der Waals surface area contributed by atoms with E-state index in [4.69, 9.17) is 9.47 Å². The molecule has 232 valence electrons. The van der Waals surface area contributed by atoms with Crippen LogP contribution >= 0.6 is 0 Å². The number of nitrogens with zero attached hydrogens (tertiary/aromatic N) is 1. The van der Waals surface area contributed by atoms with E-state index in [-0.39, 0.29) is 53.3 Å². The van der Waals surface area contributed by atoms with Crippen molar-refractivity contribution in [3.63, 3.8) is 0 Å². The Hall–Kier alpha value is -5.44. The van der Waals surface area contributed by atoms with Gasteiger partial charge < -0.3 is 19.9 Å². The number of ether oxygens (including phenoxy) is 2. The Kier molecular flexibility index (Phi) is 7.11. The predicted octanol–water partition coefficient (Wildman–Crippen LogP) is 5.79. The second kappa shape index (κ2) is 11.2. The number of aromatic hydroxyl groups is 1. The number of rotatable bonds is 6. The van der Waals surface area contributed by atoms with Crippen molar-refractivity contribution in [2.45, 2.75) is 25.7 Å². The number of carbonyl (C=O) groups excluding carboxylic acids is 4. The number of methoxy groups -OCH3 is 2. The Balaban J connectivity index is 1.29. The molecule has 3 aromatic carbocycles. The molecule has 1 aliphatic heterocycles. The summed E-state index contributed by atoms with van der Waals surface area (Å²) in [6.45, 7) is 1.60. The fourth-order valence-corrected chi connectivity index (χ4v) is 7.51. The molecule has 7 rings (SSSR count). The Bertz CT molecular complexity index is 1910. The van der Waals surface area contributed by atoms with E-state index in [1.807, 2.05) is 48.5 Å². The molecule has 1 heterocycles. The first-order chi connectivity index (χ1) is 22.2. The number of ketones is 2. The minimum atomic E-state index is -0.850. The molecule has 9 nitrogen and oxygen atoms in total. The summed E-state index contributed by atoms with van der Waals surface area (Å²) in [7, 11) is 2.92. The number of imide groups is 1. The Labute approximate surface area is 265 Å². The molecule has 0 aromatic heterocycles. The third kappa shape index (κ3) is 4.53. The number of carbonyl (C=O) groups is 4. The number of phenols is 1. The Morgan fingerprint density at radius 2 is 1.59 bits per heavy atom. The summed E-state index contributed by atoms with van der Waals surface area (Å²) in [5.41, 5.74) is 4.11. The molecule has 3 aliphatic carbocycles. The van der Waals surface area contributed by atoms with Crippen molar-refractivity contribution in [1.29, 1.82) is 0 Å². The first-order valence-electron chi connectivity index (χ1n) is 15.2. The van der Waals surface area contributed by atoms with Crippen LogP contribution in [-0.4, -0.2) is 42.7 Å². The quantitative estimate of drug-likeness (QED) is 0.203. The van der Waals surface area contributed by atoms with Gasteiger partial charge in [-0.25, -0.2) is 0 Å². The molecular weight excluding hydrogens is 584 g/mol. The second-order valence-electron chi connectivity index (χ2n) is 12.0. The smallest absolute Gasteiger partial charge is 0.238 e. The molecule has 3 aromatic rings. The minimum absolute atomic E-state index is 0.139. The standard InChI is InChI=1S/C37H32N2O7/c1-19-15-28(40)32-27(35(19)42)18-26-24(33(32)34-29(41)16-23(45-2)17-30(34)46-3)13-14-25-31(26)37(44)39(36(25)43)22-11-9-21(10-12-22)38-20-7-5-4-6-8-20/h4-13,15-17,25-26,31,33,38,41H,14,18H2,1-3H3. The van der Waals surface area contributed by atoms with Gasteiger partial charge in [0.25, 0.3) is 0 Å². The predicted molar refractivity (Wildman–Crippen MR) is 171 cm³/mol. The average Bonchev–Trinajstić information content (AvgIpc) is 3.32. The maximum atomic E-state index is 14.3. The number of allylic oxidation sites excluding steroid dienone is 6. The van der Waals surface area contributed by atoms with Gasteiger partial charge in [0.2, 0.25) is 11.8 Å². The molecule has 46 heavy (non-hydrogen) atoms. The van der Waals surface area contributed by atoms with Gasteiger partial charge in [0.1, 0.15) is 17.2 Å². The fourth-order valence-electron chi connectivity index (χ4n) is 7.51. The van der Waals surface area contributed by atoms with Crippen molar-refractivity contribution in [2.75, 3.05) is 24.4 Å². The van der Waals surface area contributed by atoms with E-state index in [0.29, 0.717) is 28.1 Å². The van der Waals surface area contributed by atoms with Crippen molar-refractivity contribution in [1.82, 2.24) is 0 Å². The first-order valence-corrected chi connectivity index (χ1v) is 15.2. The van der Waals surface area contributed by atoms with Crippen LogP contribution in [0.25, 0.3) is 0 Å². The molecule has 4 atom stereocenters. The normalized spacial score (nSPS) is 23.8. The number of hydrogen-bond donors (Lipinski definition) is 2. The highest BCUT2D eigenvalue weighted by atomic mass is 16.5. The van der Waals surface area contributed by atoms with E-state index in [2.05, 4.69) is 5.32 Å². The number of nitrogens with one attached hydrogen (secondary N) is 1. The summed E-state index contributed by atoms with van der Waals surface area (Å²) in [5.74, 6) is -3.52. The van der Waals surface area contributed by atoms with E-state index >= 15 is 0 Å². The number of Topliss-reactive ketones (excluding diaryl/α,β-unsaturated/α-hetero) is 1. The van der Waals surface area contributed by atoms with E-state index in [0.717, 1.165) is 16.9 Å². The molecule has 9 heteroatoms. The molecule has 2 N–H and O–H groups in total. The summed E-state index contributed by atoms with van der Waals surface area (Å²) in [4.78, 5) is 56.6. The maximum Gasteiger partial charge on any atom is 0.238 e. The van der Waals surface area contributed by atoms with Crippen LogP contribution in [0.3, 0.4) is 0 Å². The lowest BCUT2D eigenvalue weighted by Crippen LogP contribution is -2.40. The number of anilines is 3. The van der Waals surface area contributed by atoms with E-state index in [1.54, 1.807) is 25.1 Å². The zero-order valence-electron chi connectivity index (χ0n) is 25.6. The topological polar surface area (TPSA) is 122 Å². The molecule has 0 radical (unpaired) electrons. The van der Waals surface area contributed by atoms with Crippen molar-refractivity contribution in [2.24, 2.45) is 17.8 Å². The lowest BCUT2D eigenvalue weighted by atomic mass is 9.59. The first kappa shape index (κ1) is 29.3. The average molecular weight is 617 g/mol. The molecule has 1 fully saturated rings. The van der Waals surface area contributed by atoms with Gasteiger partial charge in [-0.2, -0.15) is 0 Å². The largest absolute Gasteiger partial charge is 0.507 e. The molecule has 1 saturated heterocycles. The number of hydrogen-bond acceptors (Lipinski definition) is 8. The van der Waals surface area contributed by atoms with E-state index < -0.39 is 23.7 Å². The van der Waals surface area contributed by atoms with Gasteiger partial charge in [-0.3, -0.25) is 24.1 Å². The van der Waals surface area contributed by atoms with Crippen LogP contribution in [0.15, 0.2) is 101 Å². The highest BCUT2D eigenvalue weighted by molar-refractivity contribution is 6.25. The molecule has 2 amide bonds. The summed E-state index contributed by atoms with van der Waals surface area (Å²) < 4.78 is 11.0. The highest BCUT2D eigenvalue weighted by Gasteiger charge is 2.57. The third-order valence-corrected chi connectivity index (χ3v) is 9.59. The van der Waals surface area contributed by atoms with Gasteiger partial charge in [-0.15, -0.1) is 0 Å². The van der Waals surface area contributed by atoms with Gasteiger partial charge >= 0.3 is 0 Å². The summed E-state index contributed by atoms with van der Waals surface area (Å²) in [6.07, 6.45) is 3.66. The van der Waals surface area contributed by atoms with Crippen LogP contribution in [0, 0.1) is 17.8 Å². The molecule has 0 spiro atoms. The molecule has 4 unspecified atom stereocenters. The highest BCUT2D eigenvalue weighted by Crippen LogP contribution is 2.58. The molecular formula is C37H32N2O7. The lowest BCUT2D eigenvalue weighted by molar-refractivity contribution is -0.123.